The Kier molecular flexibility index (Phi) is 5.64. The van der Waals surface area contributed by atoms with Crippen LogP contribution in [0.15, 0.2) is 15.9 Å². The molecule has 0 saturated heterocycles. The molecule has 13 heavy (non-hydrogen) atoms. The quantitative estimate of drug-likeness (QED) is 0.508. The number of hydrogen-bond acceptors (Lipinski definition) is 5. The molecule has 0 aliphatic carbocycles. The molecule has 0 amide bonds. The molecule has 0 saturated carbocycles. The predicted molar refractivity (Wildman–Crippen MR) is 46.7 cm³/mol. The average Bonchev–Trinajstić information content (AvgIpc) is 2.32. The molecule has 0 fully saturated rings. The van der Waals surface area contributed by atoms with Crippen LogP contribution in [0.25, 0.3) is 0 Å². The third-order valence-electron chi connectivity index (χ3n) is 1.11. The smallest absolute Gasteiger partial charge is 0.746 e. The van der Waals surface area contributed by atoms with Gasteiger partial charge in [-0.15, -0.1) is 11.3 Å². The zero-order chi connectivity index (χ0) is 9.35. The first kappa shape index (κ1) is 14.1. The van der Waals surface area contributed by atoms with Gasteiger partial charge in [0.25, 0.3) is 0 Å². The molecule has 1 aromatic rings. The second-order valence-corrected chi connectivity index (χ2v) is 5.91. The van der Waals surface area contributed by atoms with Crippen LogP contribution in [0.3, 0.4) is 0 Å². The van der Waals surface area contributed by atoms with Crippen molar-refractivity contribution in [2.45, 2.75) is 5.44 Å². The Morgan fingerprint density at radius 1 is 1.54 bits per heavy atom. The molecule has 0 radical (unpaired) electrons. The molecule has 1 aromatic heterocycles. The minimum Gasteiger partial charge on any atom is -0.746 e. The number of thiophene rings is 1. The normalized spacial score (nSPS) is 13.5. The summed E-state index contributed by atoms with van der Waals surface area (Å²) in [6.07, 6.45) is 0. The van der Waals surface area contributed by atoms with E-state index in [9.17, 15) is 13.0 Å². The van der Waals surface area contributed by atoms with Crippen LogP contribution in [0.4, 0.5) is 0 Å². The van der Waals surface area contributed by atoms with Crippen molar-refractivity contribution in [3.8, 4) is 0 Å². The summed E-state index contributed by atoms with van der Waals surface area (Å²) in [5.41, 5.74) is -1.95. The number of aliphatic hydroxyl groups is 1. The summed E-state index contributed by atoms with van der Waals surface area (Å²) in [7, 11) is -4.65. The van der Waals surface area contributed by atoms with Crippen molar-refractivity contribution < 1.29 is 47.6 Å². The molecule has 1 rings (SSSR count). The fraction of sp³-hybridized carbons (Fsp3) is 0.200. The SMILES string of the molecule is O=S(=O)([O-])C(O)c1ccc(Br)s1.[Na+]. The molecule has 0 spiro atoms. The second-order valence-electron chi connectivity index (χ2n) is 1.99. The van der Waals surface area contributed by atoms with Gasteiger partial charge in [0.2, 0.25) is 0 Å². The van der Waals surface area contributed by atoms with Gasteiger partial charge < -0.3 is 9.66 Å². The van der Waals surface area contributed by atoms with Crippen LogP contribution >= 0.6 is 27.3 Å². The molecule has 1 atom stereocenters. The van der Waals surface area contributed by atoms with Crippen molar-refractivity contribution >= 4 is 37.4 Å². The van der Waals surface area contributed by atoms with Gasteiger partial charge in [-0.3, -0.25) is 0 Å². The van der Waals surface area contributed by atoms with Gasteiger partial charge in [-0.1, -0.05) is 0 Å². The van der Waals surface area contributed by atoms with Crippen molar-refractivity contribution in [1.29, 1.82) is 0 Å². The second kappa shape index (κ2) is 5.22. The van der Waals surface area contributed by atoms with Crippen molar-refractivity contribution in [2.75, 3.05) is 0 Å². The zero-order valence-electron chi connectivity index (χ0n) is 6.60. The minimum atomic E-state index is -4.65. The van der Waals surface area contributed by atoms with E-state index in [4.69, 9.17) is 5.11 Å². The molecule has 0 aromatic carbocycles. The third-order valence-corrected chi connectivity index (χ3v) is 3.74. The van der Waals surface area contributed by atoms with Gasteiger partial charge in [-0.25, -0.2) is 8.42 Å². The summed E-state index contributed by atoms with van der Waals surface area (Å²) in [5.74, 6) is 0. The molecule has 68 valence electrons. The summed E-state index contributed by atoms with van der Waals surface area (Å²) >= 11 is 4.09. The van der Waals surface area contributed by atoms with Crippen LogP contribution in [0.1, 0.15) is 10.3 Å². The number of hydrogen-bond donors (Lipinski definition) is 1. The van der Waals surface area contributed by atoms with Crippen LogP contribution in [0.2, 0.25) is 0 Å². The largest absolute Gasteiger partial charge is 1.00 e. The van der Waals surface area contributed by atoms with E-state index in [2.05, 4.69) is 15.9 Å². The van der Waals surface area contributed by atoms with E-state index in [1.165, 1.54) is 6.07 Å². The topological polar surface area (TPSA) is 77.4 Å². The van der Waals surface area contributed by atoms with Crippen molar-refractivity contribution in [1.82, 2.24) is 0 Å². The van der Waals surface area contributed by atoms with Gasteiger partial charge in [0, 0.05) is 4.88 Å². The van der Waals surface area contributed by atoms with E-state index in [-0.39, 0.29) is 34.4 Å². The van der Waals surface area contributed by atoms with Crippen LogP contribution < -0.4 is 29.6 Å². The molecular weight excluding hydrogens is 291 g/mol. The van der Waals surface area contributed by atoms with E-state index in [0.717, 1.165) is 11.3 Å². The Bertz CT molecular complexity index is 374. The van der Waals surface area contributed by atoms with Crippen molar-refractivity contribution in [3.63, 3.8) is 0 Å². The average molecular weight is 295 g/mol. The molecular formula is C5H4BrNaO4S2. The maximum Gasteiger partial charge on any atom is 1.00 e. The molecule has 1 unspecified atom stereocenters. The Balaban J connectivity index is 0.00000144. The van der Waals surface area contributed by atoms with Crippen molar-refractivity contribution in [2.24, 2.45) is 0 Å². The Morgan fingerprint density at radius 2 is 2.08 bits per heavy atom. The molecule has 1 heterocycles. The fourth-order valence-electron chi connectivity index (χ4n) is 0.603. The van der Waals surface area contributed by atoms with Crippen LogP contribution in [-0.4, -0.2) is 18.1 Å². The first-order valence-corrected chi connectivity index (χ1v) is 5.87. The van der Waals surface area contributed by atoms with Gasteiger partial charge in [0.1, 0.15) is 10.1 Å². The molecule has 4 nitrogen and oxygen atoms in total. The van der Waals surface area contributed by atoms with Gasteiger partial charge in [0.05, 0.1) is 3.79 Å². The number of rotatable bonds is 2. The van der Waals surface area contributed by atoms with Gasteiger partial charge in [-0.05, 0) is 28.1 Å². The summed E-state index contributed by atoms with van der Waals surface area (Å²) in [6, 6.07) is 2.95. The minimum absolute atomic E-state index is 0. The number of halogens is 1. The van der Waals surface area contributed by atoms with E-state index >= 15 is 0 Å². The van der Waals surface area contributed by atoms with Crippen LogP contribution in [0, 0.1) is 0 Å². The monoisotopic (exact) mass is 294 g/mol. The fourth-order valence-corrected chi connectivity index (χ4v) is 2.76. The summed E-state index contributed by atoms with van der Waals surface area (Å²) in [4.78, 5) is 0.122. The van der Waals surface area contributed by atoms with Gasteiger partial charge in [0.15, 0.2) is 5.44 Å². The molecule has 0 aliphatic rings. The maximum atomic E-state index is 10.3. The summed E-state index contributed by atoms with van der Waals surface area (Å²) in [6.45, 7) is 0. The molecule has 0 bridgehead atoms. The standard InChI is InChI=1S/C5H5BrO4S2.Na/c6-4-2-1-3(11-4)5(7)12(8,9)10;/h1-2,5,7H,(H,8,9,10);/q;+1/p-1. The molecule has 8 heteroatoms. The van der Waals surface area contributed by atoms with Crippen LogP contribution in [-0.2, 0) is 10.1 Å². The maximum absolute atomic E-state index is 10.3. The van der Waals surface area contributed by atoms with E-state index in [1.807, 2.05) is 0 Å². The Labute approximate surface area is 110 Å². The predicted octanol–water partition coefficient (Wildman–Crippen LogP) is -1.95. The Morgan fingerprint density at radius 3 is 2.38 bits per heavy atom. The van der Waals surface area contributed by atoms with E-state index in [1.54, 1.807) is 6.07 Å². The first-order valence-electron chi connectivity index (χ1n) is 2.79. The van der Waals surface area contributed by atoms with E-state index in [0.29, 0.717) is 3.79 Å². The summed E-state index contributed by atoms with van der Waals surface area (Å²) < 4.78 is 31.6. The van der Waals surface area contributed by atoms with Crippen molar-refractivity contribution in [3.05, 3.63) is 20.8 Å². The van der Waals surface area contributed by atoms with E-state index < -0.39 is 15.6 Å². The third kappa shape index (κ3) is 3.96. The Hall–Kier alpha value is 1.05. The van der Waals surface area contributed by atoms with Gasteiger partial charge >= 0.3 is 29.6 Å². The molecule has 1 N–H and O–H groups in total. The summed E-state index contributed by atoms with van der Waals surface area (Å²) in [5, 5.41) is 8.96. The molecule has 0 aliphatic heterocycles. The zero-order valence-corrected chi connectivity index (χ0v) is 11.8. The first-order chi connectivity index (χ1) is 5.41. The van der Waals surface area contributed by atoms with Gasteiger partial charge in [-0.2, -0.15) is 0 Å². The number of aliphatic hydroxyl groups excluding tert-OH is 1. The van der Waals surface area contributed by atoms with Crippen LogP contribution in [0.5, 0.6) is 0 Å².